The molecular weight excluding hydrogens is 316 g/mol. The zero-order valence-corrected chi connectivity index (χ0v) is 15.2. The highest BCUT2D eigenvalue weighted by Crippen LogP contribution is 2.52. The number of nitrogens with zero attached hydrogens (tertiary/aromatic N) is 2. The van der Waals surface area contributed by atoms with E-state index in [0.29, 0.717) is 13.1 Å². The van der Waals surface area contributed by atoms with E-state index in [1.54, 1.807) is 19.0 Å². The van der Waals surface area contributed by atoms with E-state index in [1.165, 1.54) is 11.1 Å². The van der Waals surface area contributed by atoms with Gasteiger partial charge in [0.1, 0.15) is 5.60 Å². The van der Waals surface area contributed by atoms with Gasteiger partial charge in [-0.05, 0) is 30.5 Å². The van der Waals surface area contributed by atoms with E-state index in [9.17, 15) is 9.59 Å². The summed E-state index contributed by atoms with van der Waals surface area (Å²) >= 11 is 0. The number of benzene rings is 1. The van der Waals surface area contributed by atoms with Gasteiger partial charge in [0, 0.05) is 20.6 Å². The molecular formula is C20H24N2O3. The molecule has 3 heterocycles. The Kier molecular flexibility index (Phi) is 3.55. The molecule has 0 radical (unpaired) electrons. The number of hydrogen-bond donors (Lipinski definition) is 0. The lowest BCUT2D eigenvalue weighted by molar-refractivity contribution is -0.141. The average molecular weight is 340 g/mol. The average Bonchev–Trinajstić information content (AvgIpc) is 3.19. The van der Waals surface area contributed by atoms with Crippen LogP contribution in [-0.4, -0.2) is 54.0 Å². The third-order valence-electron chi connectivity index (χ3n) is 5.85. The molecule has 2 bridgehead atoms. The number of carbonyl (C=O) groups is 2. The van der Waals surface area contributed by atoms with Crippen molar-refractivity contribution in [1.29, 1.82) is 0 Å². The van der Waals surface area contributed by atoms with E-state index in [4.69, 9.17) is 4.74 Å². The van der Waals surface area contributed by atoms with E-state index in [2.05, 4.69) is 32.0 Å². The van der Waals surface area contributed by atoms with Gasteiger partial charge in [-0.1, -0.05) is 30.4 Å². The summed E-state index contributed by atoms with van der Waals surface area (Å²) in [6.07, 6.45) is 3.68. The number of hydrogen-bond acceptors (Lipinski definition) is 3. The summed E-state index contributed by atoms with van der Waals surface area (Å²) in [5.41, 5.74) is 2.95. The third kappa shape index (κ3) is 2.33. The van der Waals surface area contributed by atoms with Gasteiger partial charge in [-0.3, -0.25) is 9.59 Å². The van der Waals surface area contributed by atoms with Crippen LogP contribution < -0.4 is 0 Å². The van der Waals surface area contributed by atoms with Gasteiger partial charge in [0.15, 0.2) is 0 Å². The Morgan fingerprint density at radius 1 is 1.32 bits per heavy atom. The predicted molar refractivity (Wildman–Crippen MR) is 93.8 cm³/mol. The molecule has 1 aromatic rings. The molecule has 0 N–H and O–H groups in total. The highest BCUT2D eigenvalue weighted by molar-refractivity contribution is 5.92. The van der Waals surface area contributed by atoms with Crippen LogP contribution >= 0.6 is 0 Å². The van der Waals surface area contributed by atoms with Crippen molar-refractivity contribution in [3.05, 3.63) is 47.0 Å². The fraction of sp³-hybridized carbons (Fsp3) is 0.500. The summed E-state index contributed by atoms with van der Waals surface area (Å²) < 4.78 is 6.13. The molecule has 5 nitrogen and oxygen atoms in total. The summed E-state index contributed by atoms with van der Waals surface area (Å²) in [7, 11) is 3.47. The highest BCUT2D eigenvalue weighted by atomic mass is 16.5. The molecule has 0 unspecified atom stereocenters. The number of fused-ring (bicyclic) bond motifs is 1. The van der Waals surface area contributed by atoms with Gasteiger partial charge in [-0.25, -0.2) is 0 Å². The Morgan fingerprint density at radius 2 is 2.08 bits per heavy atom. The van der Waals surface area contributed by atoms with Crippen molar-refractivity contribution < 1.29 is 14.3 Å². The second-order valence-corrected chi connectivity index (χ2v) is 7.75. The molecule has 4 atom stereocenters. The topological polar surface area (TPSA) is 49.9 Å². The quantitative estimate of drug-likeness (QED) is 0.787. The normalized spacial score (nSPS) is 32.4. The molecule has 4 rings (SSSR count). The van der Waals surface area contributed by atoms with Gasteiger partial charge in [0.05, 0.1) is 24.5 Å². The first kappa shape index (κ1) is 16.3. The largest absolute Gasteiger partial charge is 0.360 e. The van der Waals surface area contributed by atoms with E-state index >= 15 is 0 Å². The van der Waals surface area contributed by atoms with E-state index in [-0.39, 0.29) is 17.9 Å². The first-order valence-electron chi connectivity index (χ1n) is 8.76. The Bertz CT molecular complexity index is 785. The molecule has 1 spiro atoms. The summed E-state index contributed by atoms with van der Waals surface area (Å²) in [6.45, 7) is 5.24. The van der Waals surface area contributed by atoms with E-state index < -0.39 is 17.4 Å². The van der Waals surface area contributed by atoms with Gasteiger partial charge in [-0.2, -0.15) is 0 Å². The minimum Gasteiger partial charge on any atom is -0.360 e. The van der Waals surface area contributed by atoms with Crippen LogP contribution in [0.3, 0.4) is 0 Å². The smallest absolute Gasteiger partial charge is 0.230 e. The summed E-state index contributed by atoms with van der Waals surface area (Å²) in [5.74, 6) is -0.797. The lowest BCUT2D eigenvalue weighted by Crippen LogP contribution is -2.43. The van der Waals surface area contributed by atoms with Crippen LogP contribution in [-0.2, 0) is 20.9 Å². The zero-order valence-electron chi connectivity index (χ0n) is 15.2. The molecule has 2 amide bonds. The molecule has 3 aliphatic rings. The Balaban J connectivity index is 1.61. The van der Waals surface area contributed by atoms with Gasteiger partial charge < -0.3 is 14.5 Å². The van der Waals surface area contributed by atoms with Crippen molar-refractivity contribution in [3.63, 3.8) is 0 Å². The van der Waals surface area contributed by atoms with Crippen LogP contribution in [0.15, 0.2) is 30.4 Å². The Morgan fingerprint density at radius 3 is 2.76 bits per heavy atom. The lowest BCUT2D eigenvalue weighted by Gasteiger charge is -2.25. The summed E-state index contributed by atoms with van der Waals surface area (Å²) in [4.78, 5) is 29.1. The fourth-order valence-corrected chi connectivity index (χ4v) is 4.41. The summed E-state index contributed by atoms with van der Waals surface area (Å²) in [5, 5.41) is 0. The Labute approximate surface area is 148 Å². The summed E-state index contributed by atoms with van der Waals surface area (Å²) in [6, 6.07) is 6.29. The lowest BCUT2D eigenvalue weighted by atomic mass is 9.76. The van der Waals surface area contributed by atoms with Crippen molar-refractivity contribution in [2.24, 2.45) is 11.8 Å². The van der Waals surface area contributed by atoms with E-state index in [0.717, 1.165) is 5.56 Å². The van der Waals surface area contributed by atoms with Gasteiger partial charge in [0.25, 0.3) is 0 Å². The van der Waals surface area contributed by atoms with Gasteiger partial charge in [-0.15, -0.1) is 0 Å². The van der Waals surface area contributed by atoms with Crippen molar-refractivity contribution in [3.8, 4) is 0 Å². The van der Waals surface area contributed by atoms with Crippen LogP contribution in [0.5, 0.6) is 0 Å². The number of aryl methyl sites for hydroxylation is 2. The third-order valence-corrected chi connectivity index (χ3v) is 5.85. The molecule has 1 aromatic carbocycles. The maximum atomic E-state index is 13.1. The van der Waals surface area contributed by atoms with Crippen molar-refractivity contribution in [1.82, 2.24) is 9.80 Å². The van der Waals surface area contributed by atoms with Crippen LogP contribution in [0.4, 0.5) is 0 Å². The van der Waals surface area contributed by atoms with Gasteiger partial charge in [0.2, 0.25) is 11.8 Å². The van der Waals surface area contributed by atoms with Crippen LogP contribution in [0.1, 0.15) is 16.7 Å². The molecule has 5 heteroatoms. The number of ether oxygens (including phenoxy) is 1. The van der Waals surface area contributed by atoms with Crippen LogP contribution in [0, 0.1) is 25.7 Å². The van der Waals surface area contributed by atoms with Crippen LogP contribution in [0.2, 0.25) is 0 Å². The maximum Gasteiger partial charge on any atom is 0.230 e. The highest BCUT2D eigenvalue weighted by Gasteiger charge is 2.66. The van der Waals surface area contributed by atoms with E-state index in [1.807, 2.05) is 17.1 Å². The number of carbonyl (C=O) groups excluding carboxylic acids is 2. The molecule has 2 fully saturated rings. The van der Waals surface area contributed by atoms with Crippen LogP contribution in [0.25, 0.3) is 0 Å². The first-order valence-corrected chi connectivity index (χ1v) is 8.76. The molecule has 0 aliphatic carbocycles. The minimum absolute atomic E-state index is 0.0254. The molecule has 132 valence electrons. The second-order valence-electron chi connectivity index (χ2n) is 7.75. The molecule has 2 saturated heterocycles. The monoisotopic (exact) mass is 340 g/mol. The molecule has 0 aromatic heterocycles. The fourth-order valence-electron chi connectivity index (χ4n) is 4.41. The number of rotatable bonds is 3. The second kappa shape index (κ2) is 5.43. The predicted octanol–water partition coefficient (Wildman–Crippen LogP) is 1.67. The number of amides is 2. The zero-order chi connectivity index (χ0) is 17.9. The SMILES string of the molecule is Cc1ccc(CN2C[C@]34C=C[C@H](O3)[C@H](C(=O)N(C)C)[C@@H]4C2=O)cc1C. The first-order chi connectivity index (χ1) is 11.8. The molecule has 3 aliphatic heterocycles. The van der Waals surface area contributed by atoms with Crippen molar-refractivity contribution in [2.75, 3.05) is 20.6 Å². The maximum absolute atomic E-state index is 13.1. The number of likely N-dealkylation sites (tertiary alicyclic amines) is 1. The van der Waals surface area contributed by atoms with Gasteiger partial charge >= 0.3 is 0 Å². The molecule has 0 saturated carbocycles. The minimum atomic E-state index is -0.627. The van der Waals surface area contributed by atoms with Crippen molar-refractivity contribution in [2.45, 2.75) is 32.1 Å². The standard InChI is InChI=1S/C20H24N2O3/c1-12-5-6-14(9-13(12)2)10-22-11-20-8-7-15(25-20)16(17(20)19(22)24)18(23)21(3)4/h5-9,15-17H,10-11H2,1-4H3/t15-,16-,17+,20-/m0/s1. The Hall–Kier alpha value is -2.14. The van der Waals surface area contributed by atoms with Crippen molar-refractivity contribution >= 4 is 11.8 Å². The molecule has 25 heavy (non-hydrogen) atoms.